The number of nitrogens with zero attached hydrogens (tertiary/aromatic N) is 1. The second-order valence-corrected chi connectivity index (χ2v) is 5.63. The molecule has 0 heterocycles. The van der Waals surface area contributed by atoms with Crippen molar-refractivity contribution in [1.29, 1.82) is 5.26 Å². The molecule has 1 aromatic carbocycles. The van der Waals surface area contributed by atoms with Crippen molar-refractivity contribution in [3.05, 3.63) is 34.3 Å². The first-order valence-corrected chi connectivity index (χ1v) is 6.51. The Hall–Kier alpha value is -1.00. The number of hydrogen-bond donors (Lipinski definition) is 0. The van der Waals surface area contributed by atoms with E-state index in [1.54, 1.807) is 0 Å². The predicted octanol–water partition coefficient (Wildman–Crippen LogP) is 4.73. The lowest BCUT2D eigenvalue weighted by Gasteiger charge is -2.26. The Labute approximate surface area is 109 Å². The third kappa shape index (κ3) is 3.23. The molecule has 0 amide bonds. The summed E-state index contributed by atoms with van der Waals surface area (Å²) in [5, 5.41) is 10.2. The molecule has 0 saturated carbocycles. The molecular weight excluding hydrogens is 230 g/mol. The fourth-order valence-electron chi connectivity index (χ4n) is 2.43. The van der Waals surface area contributed by atoms with Crippen LogP contribution in [0.1, 0.15) is 45.2 Å². The molecule has 0 aliphatic carbocycles. The molecule has 0 N–H and O–H groups in total. The van der Waals surface area contributed by atoms with E-state index in [2.05, 4.69) is 26.8 Å². The Morgan fingerprint density at radius 2 is 2.06 bits per heavy atom. The van der Waals surface area contributed by atoms with Gasteiger partial charge in [-0.3, -0.25) is 0 Å². The van der Waals surface area contributed by atoms with E-state index in [1.807, 2.05) is 25.1 Å². The van der Waals surface area contributed by atoms with E-state index in [-0.39, 0.29) is 0 Å². The first-order chi connectivity index (χ1) is 7.92. The second-order valence-electron chi connectivity index (χ2n) is 5.20. The maximum atomic E-state index is 9.49. The van der Waals surface area contributed by atoms with Gasteiger partial charge in [0.25, 0.3) is 0 Å². The molecule has 0 bridgehead atoms. The highest BCUT2D eigenvalue weighted by atomic mass is 35.5. The zero-order chi connectivity index (χ0) is 13.1. The van der Waals surface area contributed by atoms with Gasteiger partial charge in [0.2, 0.25) is 0 Å². The Kier molecular flexibility index (Phi) is 4.60. The molecule has 1 aromatic rings. The van der Waals surface area contributed by atoms with Gasteiger partial charge in [-0.1, -0.05) is 38.4 Å². The Balaban J connectivity index is 3.25. The van der Waals surface area contributed by atoms with Gasteiger partial charge >= 0.3 is 0 Å². The fraction of sp³-hybridized carbons (Fsp3) is 0.533. The smallest absolute Gasteiger partial charge is 0.0799 e. The van der Waals surface area contributed by atoms with Crippen molar-refractivity contribution in [1.82, 2.24) is 0 Å². The van der Waals surface area contributed by atoms with E-state index >= 15 is 0 Å². The van der Waals surface area contributed by atoms with Crippen LogP contribution in [0.2, 0.25) is 5.02 Å². The van der Waals surface area contributed by atoms with Crippen LogP contribution in [0.25, 0.3) is 0 Å². The van der Waals surface area contributed by atoms with Crippen LogP contribution in [0.3, 0.4) is 0 Å². The summed E-state index contributed by atoms with van der Waals surface area (Å²) in [5.74, 6) is 0.500. The molecule has 1 atom stereocenters. The van der Waals surface area contributed by atoms with Gasteiger partial charge in [-0.25, -0.2) is 0 Å². The fourth-order valence-corrected chi connectivity index (χ4v) is 2.62. The molecule has 0 fully saturated rings. The Bertz CT molecular complexity index is 431. The highest BCUT2D eigenvalue weighted by molar-refractivity contribution is 6.30. The summed E-state index contributed by atoms with van der Waals surface area (Å²) in [6, 6.07) is 8.34. The zero-order valence-electron chi connectivity index (χ0n) is 11.0. The molecule has 0 aliphatic heterocycles. The standard InChI is InChI=1S/C15H20ClN/c1-5-12-8-13(16)6-7-14(12)15(4,10-17)9-11(2)3/h6-8,11H,5,9H2,1-4H3. The van der Waals surface area contributed by atoms with Gasteiger partial charge in [-0.15, -0.1) is 0 Å². The van der Waals surface area contributed by atoms with E-state index in [9.17, 15) is 5.26 Å². The normalized spacial score (nSPS) is 14.4. The third-order valence-corrected chi connectivity index (χ3v) is 3.34. The first kappa shape index (κ1) is 14.1. The topological polar surface area (TPSA) is 23.8 Å². The number of benzene rings is 1. The van der Waals surface area contributed by atoms with E-state index < -0.39 is 5.41 Å². The van der Waals surface area contributed by atoms with Crippen molar-refractivity contribution < 1.29 is 0 Å². The summed E-state index contributed by atoms with van der Waals surface area (Å²) in [6.45, 7) is 8.42. The summed E-state index contributed by atoms with van der Waals surface area (Å²) < 4.78 is 0. The van der Waals surface area contributed by atoms with E-state index in [0.717, 1.165) is 23.4 Å². The largest absolute Gasteiger partial charge is 0.197 e. The van der Waals surface area contributed by atoms with Crippen molar-refractivity contribution in [2.75, 3.05) is 0 Å². The molecule has 0 aromatic heterocycles. The third-order valence-electron chi connectivity index (χ3n) is 3.11. The van der Waals surface area contributed by atoms with Gasteiger partial charge in [0.1, 0.15) is 0 Å². The maximum Gasteiger partial charge on any atom is 0.0799 e. The van der Waals surface area contributed by atoms with Crippen LogP contribution >= 0.6 is 11.6 Å². The van der Waals surface area contributed by atoms with Crippen LogP contribution in [-0.2, 0) is 11.8 Å². The lowest BCUT2D eigenvalue weighted by Crippen LogP contribution is -2.23. The van der Waals surface area contributed by atoms with Crippen LogP contribution in [0, 0.1) is 17.2 Å². The van der Waals surface area contributed by atoms with Gasteiger partial charge in [0, 0.05) is 5.02 Å². The molecule has 1 rings (SSSR count). The molecule has 92 valence electrons. The minimum atomic E-state index is -0.413. The van der Waals surface area contributed by atoms with E-state index in [4.69, 9.17) is 11.6 Å². The van der Waals surface area contributed by atoms with Crippen LogP contribution in [0.5, 0.6) is 0 Å². The Morgan fingerprint density at radius 1 is 1.41 bits per heavy atom. The van der Waals surface area contributed by atoms with E-state index in [0.29, 0.717) is 5.92 Å². The van der Waals surface area contributed by atoms with Gasteiger partial charge in [0.15, 0.2) is 0 Å². The van der Waals surface area contributed by atoms with Crippen LogP contribution in [-0.4, -0.2) is 0 Å². The molecule has 1 nitrogen and oxygen atoms in total. The highest BCUT2D eigenvalue weighted by Gasteiger charge is 2.29. The second kappa shape index (κ2) is 5.56. The average Bonchev–Trinajstić information content (AvgIpc) is 2.27. The summed E-state index contributed by atoms with van der Waals surface area (Å²) in [5.41, 5.74) is 1.90. The first-order valence-electron chi connectivity index (χ1n) is 6.13. The van der Waals surface area contributed by atoms with Crippen molar-refractivity contribution in [2.45, 2.75) is 46.0 Å². The molecule has 0 aliphatic rings. The lowest BCUT2D eigenvalue weighted by molar-refractivity contribution is 0.446. The zero-order valence-corrected chi connectivity index (χ0v) is 11.8. The monoisotopic (exact) mass is 249 g/mol. The molecule has 17 heavy (non-hydrogen) atoms. The number of hydrogen-bond acceptors (Lipinski definition) is 1. The van der Waals surface area contributed by atoms with Crippen LogP contribution in [0.15, 0.2) is 18.2 Å². The van der Waals surface area contributed by atoms with Gasteiger partial charge in [-0.05, 0) is 48.9 Å². The summed E-state index contributed by atoms with van der Waals surface area (Å²) in [6.07, 6.45) is 1.78. The number of aryl methyl sites for hydroxylation is 1. The SMILES string of the molecule is CCc1cc(Cl)ccc1C(C)(C#N)CC(C)C. The minimum absolute atomic E-state index is 0.413. The van der Waals surface area contributed by atoms with Crippen molar-refractivity contribution in [3.8, 4) is 6.07 Å². The maximum absolute atomic E-state index is 9.49. The molecule has 0 radical (unpaired) electrons. The average molecular weight is 250 g/mol. The quantitative estimate of drug-likeness (QED) is 0.757. The number of nitriles is 1. The van der Waals surface area contributed by atoms with Gasteiger partial charge < -0.3 is 0 Å². The number of rotatable bonds is 4. The van der Waals surface area contributed by atoms with Gasteiger partial charge in [-0.2, -0.15) is 5.26 Å². The van der Waals surface area contributed by atoms with Gasteiger partial charge in [0.05, 0.1) is 11.5 Å². The molecule has 0 saturated heterocycles. The van der Waals surface area contributed by atoms with E-state index in [1.165, 1.54) is 5.56 Å². The highest BCUT2D eigenvalue weighted by Crippen LogP contribution is 2.34. The van der Waals surface area contributed by atoms with Crippen molar-refractivity contribution in [2.24, 2.45) is 5.92 Å². The van der Waals surface area contributed by atoms with Crippen LogP contribution < -0.4 is 0 Å². The van der Waals surface area contributed by atoms with Crippen molar-refractivity contribution >= 4 is 11.6 Å². The summed E-state index contributed by atoms with van der Waals surface area (Å²) >= 11 is 6.01. The predicted molar refractivity (Wildman–Crippen MR) is 73.3 cm³/mol. The molecule has 2 heteroatoms. The molecular formula is C15H20ClN. The molecule has 0 spiro atoms. The van der Waals surface area contributed by atoms with Crippen molar-refractivity contribution in [3.63, 3.8) is 0 Å². The molecule has 1 unspecified atom stereocenters. The number of halogens is 1. The summed E-state index contributed by atoms with van der Waals surface area (Å²) in [7, 11) is 0. The lowest BCUT2D eigenvalue weighted by atomic mass is 9.75. The summed E-state index contributed by atoms with van der Waals surface area (Å²) in [4.78, 5) is 0. The van der Waals surface area contributed by atoms with Crippen LogP contribution in [0.4, 0.5) is 0 Å². The minimum Gasteiger partial charge on any atom is -0.197 e. The Morgan fingerprint density at radius 3 is 2.53 bits per heavy atom.